The SMILES string of the molecule is CC1(C)c2ccccc2-c2cc(-c3ccc(-c4ccc(-c5cc(-c6ccc(-c7ccc8ccccc8c7)cc6)nc(-c6ccccc6)n5)c5ccccc45)c4ccccc34)ccc21. The van der Waals surface area contributed by atoms with Crippen LogP contribution in [0, 0.1) is 0 Å². The molecular formula is C61H42N2. The van der Waals surface area contributed by atoms with Gasteiger partial charge in [-0.15, -0.1) is 0 Å². The minimum Gasteiger partial charge on any atom is -0.228 e. The average Bonchev–Trinajstić information content (AvgIpc) is 3.58. The lowest BCUT2D eigenvalue weighted by atomic mass is 9.82. The zero-order chi connectivity index (χ0) is 42.1. The highest BCUT2D eigenvalue weighted by Gasteiger charge is 2.35. The summed E-state index contributed by atoms with van der Waals surface area (Å²) >= 11 is 0. The van der Waals surface area contributed by atoms with E-state index in [1.165, 1.54) is 82.6 Å². The van der Waals surface area contributed by atoms with Crippen LogP contribution < -0.4 is 0 Å². The molecule has 63 heavy (non-hydrogen) atoms. The van der Waals surface area contributed by atoms with Crippen LogP contribution in [0.4, 0.5) is 0 Å². The van der Waals surface area contributed by atoms with E-state index in [0.29, 0.717) is 5.82 Å². The summed E-state index contributed by atoms with van der Waals surface area (Å²) < 4.78 is 0. The molecule has 0 N–H and O–H groups in total. The molecule has 10 aromatic carbocycles. The molecule has 2 heteroatoms. The largest absolute Gasteiger partial charge is 0.228 e. The number of rotatable bonds is 6. The maximum Gasteiger partial charge on any atom is 0.160 e. The molecule has 0 atom stereocenters. The van der Waals surface area contributed by atoms with Gasteiger partial charge < -0.3 is 0 Å². The standard InChI is InChI=1S/C61H42N2/c1-61(2)56-23-13-12-22-53(56)55-37-45(30-35-57(55)61)46-31-32-51(48-19-9-8-18-47(46)48)52-33-34-54(50-21-11-10-20-49(50)52)59-38-58(62-60(63-59)42-15-4-3-5-16-42)41-27-24-40(25-28-41)44-29-26-39-14-6-7-17-43(39)36-44/h3-38H,1-2H3. The predicted molar refractivity (Wildman–Crippen MR) is 265 cm³/mol. The van der Waals surface area contributed by atoms with E-state index in [9.17, 15) is 0 Å². The van der Waals surface area contributed by atoms with Crippen molar-refractivity contribution in [1.82, 2.24) is 9.97 Å². The number of nitrogens with zero attached hydrogens (tertiary/aromatic N) is 2. The lowest BCUT2D eigenvalue weighted by molar-refractivity contribution is 0.660. The molecule has 0 amide bonds. The van der Waals surface area contributed by atoms with Crippen LogP contribution in [0.15, 0.2) is 218 Å². The molecule has 11 aromatic rings. The number of fused-ring (bicyclic) bond motifs is 6. The molecule has 0 spiro atoms. The Labute approximate surface area is 367 Å². The fraction of sp³-hybridized carbons (Fsp3) is 0.0492. The highest BCUT2D eigenvalue weighted by Crippen LogP contribution is 2.50. The van der Waals surface area contributed by atoms with Gasteiger partial charge in [-0.1, -0.05) is 214 Å². The van der Waals surface area contributed by atoms with Crippen molar-refractivity contribution in [3.8, 4) is 78.4 Å². The van der Waals surface area contributed by atoms with Crippen molar-refractivity contribution in [3.63, 3.8) is 0 Å². The highest BCUT2D eigenvalue weighted by molar-refractivity contribution is 6.12. The Hall–Kier alpha value is -7.94. The van der Waals surface area contributed by atoms with Gasteiger partial charge in [-0.25, -0.2) is 9.97 Å². The molecule has 0 bridgehead atoms. The third-order valence-electron chi connectivity index (χ3n) is 13.3. The van der Waals surface area contributed by atoms with Gasteiger partial charge in [0.05, 0.1) is 11.4 Å². The summed E-state index contributed by atoms with van der Waals surface area (Å²) in [4.78, 5) is 10.5. The molecule has 2 nitrogen and oxygen atoms in total. The second-order valence-electron chi connectivity index (χ2n) is 17.3. The summed E-state index contributed by atoms with van der Waals surface area (Å²) in [5.74, 6) is 0.704. The molecule has 0 fully saturated rings. The second-order valence-corrected chi connectivity index (χ2v) is 17.3. The van der Waals surface area contributed by atoms with E-state index in [0.717, 1.165) is 33.5 Å². The Balaban J connectivity index is 0.963. The molecule has 1 aromatic heterocycles. The smallest absolute Gasteiger partial charge is 0.160 e. The molecular weight excluding hydrogens is 761 g/mol. The summed E-state index contributed by atoms with van der Waals surface area (Å²) in [6.07, 6.45) is 0. The van der Waals surface area contributed by atoms with Gasteiger partial charge in [-0.3, -0.25) is 0 Å². The summed E-state index contributed by atoms with van der Waals surface area (Å²) in [6, 6.07) is 79.2. The predicted octanol–water partition coefficient (Wildman–Crippen LogP) is 16.2. The van der Waals surface area contributed by atoms with Gasteiger partial charge in [0.25, 0.3) is 0 Å². The molecule has 0 saturated carbocycles. The van der Waals surface area contributed by atoms with Crippen LogP contribution >= 0.6 is 0 Å². The van der Waals surface area contributed by atoms with Crippen molar-refractivity contribution in [2.75, 3.05) is 0 Å². The van der Waals surface area contributed by atoms with Crippen molar-refractivity contribution in [2.24, 2.45) is 0 Å². The lowest BCUT2D eigenvalue weighted by Gasteiger charge is -2.21. The summed E-state index contributed by atoms with van der Waals surface area (Å²) in [5, 5.41) is 7.30. The Morgan fingerprint density at radius 3 is 1.56 bits per heavy atom. The maximum absolute atomic E-state index is 5.28. The van der Waals surface area contributed by atoms with E-state index in [2.05, 4.69) is 214 Å². The summed E-state index contributed by atoms with van der Waals surface area (Å²) in [7, 11) is 0. The fourth-order valence-corrected chi connectivity index (χ4v) is 10.1. The number of hydrogen-bond acceptors (Lipinski definition) is 2. The van der Waals surface area contributed by atoms with Crippen LogP contribution in [0.1, 0.15) is 25.0 Å². The second kappa shape index (κ2) is 14.6. The number of hydrogen-bond donors (Lipinski definition) is 0. The van der Waals surface area contributed by atoms with Gasteiger partial charge in [-0.2, -0.15) is 0 Å². The Kier molecular flexibility index (Phi) is 8.55. The van der Waals surface area contributed by atoms with E-state index in [1.54, 1.807) is 0 Å². The average molecular weight is 803 g/mol. The molecule has 0 radical (unpaired) electrons. The van der Waals surface area contributed by atoms with Crippen molar-refractivity contribution in [2.45, 2.75) is 19.3 Å². The van der Waals surface area contributed by atoms with Gasteiger partial charge in [0.2, 0.25) is 0 Å². The molecule has 0 saturated heterocycles. The third-order valence-corrected chi connectivity index (χ3v) is 13.3. The quantitative estimate of drug-likeness (QED) is 0.167. The summed E-state index contributed by atoms with van der Waals surface area (Å²) in [5.41, 5.74) is 17.6. The van der Waals surface area contributed by atoms with Gasteiger partial charge in [0, 0.05) is 22.1 Å². The van der Waals surface area contributed by atoms with Crippen LogP contribution in [0.2, 0.25) is 0 Å². The minimum absolute atomic E-state index is 0.0232. The number of benzene rings is 10. The van der Waals surface area contributed by atoms with Gasteiger partial charge >= 0.3 is 0 Å². The fourth-order valence-electron chi connectivity index (χ4n) is 10.1. The van der Waals surface area contributed by atoms with Crippen molar-refractivity contribution in [3.05, 3.63) is 230 Å². The normalized spacial score (nSPS) is 12.7. The lowest BCUT2D eigenvalue weighted by Crippen LogP contribution is -2.14. The van der Waals surface area contributed by atoms with E-state index >= 15 is 0 Å². The Morgan fingerprint density at radius 2 is 0.810 bits per heavy atom. The first-order valence-corrected chi connectivity index (χ1v) is 21.8. The van der Waals surface area contributed by atoms with Crippen molar-refractivity contribution < 1.29 is 0 Å². The molecule has 12 rings (SSSR count). The molecule has 0 aliphatic heterocycles. The topological polar surface area (TPSA) is 25.8 Å². The molecule has 296 valence electrons. The first-order valence-electron chi connectivity index (χ1n) is 21.8. The van der Waals surface area contributed by atoms with Gasteiger partial charge in [-0.05, 0) is 106 Å². The van der Waals surface area contributed by atoms with E-state index in [-0.39, 0.29) is 5.41 Å². The first-order chi connectivity index (χ1) is 31.0. The van der Waals surface area contributed by atoms with Crippen molar-refractivity contribution in [1.29, 1.82) is 0 Å². The monoisotopic (exact) mass is 802 g/mol. The van der Waals surface area contributed by atoms with Crippen LogP contribution in [0.5, 0.6) is 0 Å². The van der Waals surface area contributed by atoms with Gasteiger partial charge in [0.15, 0.2) is 5.82 Å². The molecule has 0 unspecified atom stereocenters. The summed E-state index contributed by atoms with van der Waals surface area (Å²) in [6.45, 7) is 4.68. The van der Waals surface area contributed by atoms with E-state index in [4.69, 9.17) is 9.97 Å². The van der Waals surface area contributed by atoms with Crippen LogP contribution in [-0.4, -0.2) is 9.97 Å². The molecule has 1 aliphatic rings. The van der Waals surface area contributed by atoms with E-state index < -0.39 is 0 Å². The highest BCUT2D eigenvalue weighted by atomic mass is 14.9. The number of aromatic nitrogens is 2. The zero-order valence-corrected chi connectivity index (χ0v) is 35.2. The Bertz CT molecular complexity index is 3580. The maximum atomic E-state index is 5.28. The van der Waals surface area contributed by atoms with Gasteiger partial charge in [0.1, 0.15) is 0 Å². The molecule has 1 heterocycles. The van der Waals surface area contributed by atoms with Crippen LogP contribution in [0.25, 0.3) is 111 Å². The van der Waals surface area contributed by atoms with Crippen LogP contribution in [0.3, 0.4) is 0 Å². The third kappa shape index (κ3) is 6.17. The molecule has 1 aliphatic carbocycles. The first kappa shape index (κ1) is 36.9. The minimum atomic E-state index is -0.0232. The zero-order valence-electron chi connectivity index (χ0n) is 35.2. The van der Waals surface area contributed by atoms with Crippen LogP contribution in [-0.2, 0) is 5.41 Å². The Morgan fingerprint density at radius 1 is 0.286 bits per heavy atom. The van der Waals surface area contributed by atoms with E-state index in [1.807, 2.05) is 18.2 Å². The van der Waals surface area contributed by atoms with Crippen molar-refractivity contribution >= 4 is 32.3 Å².